The monoisotopic (exact) mass is 457 g/mol. The molecule has 2 unspecified atom stereocenters. The van der Waals surface area contributed by atoms with Gasteiger partial charge in [0.15, 0.2) is 5.82 Å². The molecule has 0 radical (unpaired) electrons. The first kappa shape index (κ1) is 19.8. The standard InChI is InChI=1S/C21H20ClN5OS2/c1-10-3-8-14-15(9-10)30-20-16(14)19(28)23-17(24-20)11(2)29-21-25-18(26-27-21)12-4-6-13(22)7-5-12/h4-7,10-11H,3,8-9H2,1-2H3,(H,23,24,28)(H,25,26,27). The van der Waals surface area contributed by atoms with E-state index >= 15 is 0 Å². The Kier molecular flexibility index (Phi) is 5.16. The Morgan fingerprint density at radius 2 is 2.07 bits per heavy atom. The first-order chi connectivity index (χ1) is 14.5. The van der Waals surface area contributed by atoms with Crippen LogP contribution in [-0.4, -0.2) is 25.1 Å². The van der Waals surface area contributed by atoms with Gasteiger partial charge in [-0.2, -0.15) is 0 Å². The molecule has 2 N–H and O–H groups in total. The van der Waals surface area contributed by atoms with E-state index in [2.05, 4.69) is 27.1 Å². The van der Waals surface area contributed by atoms with Crippen molar-refractivity contribution in [3.63, 3.8) is 0 Å². The van der Waals surface area contributed by atoms with Crippen molar-refractivity contribution in [2.75, 3.05) is 0 Å². The van der Waals surface area contributed by atoms with E-state index in [4.69, 9.17) is 16.6 Å². The second-order valence-electron chi connectivity index (χ2n) is 7.72. The van der Waals surface area contributed by atoms with Gasteiger partial charge in [-0.3, -0.25) is 9.89 Å². The highest BCUT2D eigenvalue weighted by atomic mass is 35.5. The number of aryl methyl sites for hydroxylation is 1. The highest BCUT2D eigenvalue weighted by Crippen LogP contribution is 2.37. The molecule has 154 valence electrons. The van der Waals surface area contributed by atoms with Crippen LogP contribution in [0.3, 0.4) is 0 Å². The van der Waals surface area contributed by atoms with Gasteiger partial charge >= 0.3 is 0 Å². The molecule has 0 saturated heterocycles. The molecular formula is C21H20ClN5OS2. The lowest BCUT2D eigenvalue weighted by Gasteiger charge is -2.17. The van der Waals surface area contributed by atoms with Gasteiger partial charge in [0.25, 0.3) is 5.56 Å². The van der Waals surface area contributed by atoms with Crippen LogP contribution < -0.4 is 5.56 Å². The third-order valence-electron chi connectivity index (χ3n) is 5.43. The Bertz CT molecular complexity index is 1280. The van der Waals surface area contributed by atoms with Crippen LogP contribution >= 0.6 is 34.7 Å². The summed E-state index contributed by atoms with van der Waals surface area (Å²) in [5.74, 6) is 2.00. The average Bonchev–Trinajstić information content (AvgIpc) is 3.32. The van der Waals surface area contributed by atoms with Crippen LogP contribution in [0.1, 0.15) is 41.8 Å². The molecule has 5 rings (SSSR count). The molecule has 0 spiro atoms. The molecule has 1 aromatic carbocycles. The van der Waals surface area contributed by atoms with E-state index in [0.717, 1.165) is 35.0 Å². The molecular weight excluding hydrogens is 438 g/mol. The summed E-state index contributed by atoms with van der Waals surface area (Å²) >= 11 is 9.08. The Morgan fingerprint density at radius 1 is 1.27 bits per heavy atom. The van der Waals surface area contributed by atoms with Crippen LogP contribution in [0.15, 0.2) is 34.2 Å². The van der Waals surface area contributed by atoms with Crippen LogP contribution in [-0.2, 0) is 12.8 Å². The van der Waals surface area contributed by atoms with Gasteiger partial charge in [-0.1, -0.05) is 30.3 Å². The largest absolute Gasteiger partial charge is 0.309 e. The lowest BCUT2D eigenvalue weighted by molar-refractivity contribution is 0.509. The molecule has 1 aliphatic carbocycles. The zero-order valence-corrected chi connectivity index (χ0v) is 18.9. The highest BCUT2D eigenvalue weighted by molar-refractivity contribution is 7.99. The minimum atomic E-state index is -0.0889. The van der Waals surface area contributed by atoms with E-state index in [1.165, 1.54) is 22.2 Å². The molecule has 0 saturated carbocycles. The molecule has 1 aliphatic rings. The zero-order valence-electron chi connectivity index (χ0n) is 16.5. The maximum Gasteiger partial charge on any atom is 0.259 e. The number of thioether (sulfide) groups is 1. The molecule has 0 fully saturated rings. The second kappa shape index (κ2) is 7.83. The Morgan fingerprint density at radius 3 is 2.87 bits per heavy atom. The van der Waals surface area contributed by atoms with Gasteiger partial charge in [-0.05, 0) is 61.9 Å². The van der Waals surface area contributed by atoms with E-state index in [1.54, 1.807) is 11.3 Å². The maximum atomic E-state index is 12.8. The predicted molar refractivity (Wildman–Crippen MR) is 123 cm³/mol. The predicted octanol–water partition coefficient (Wildman–Crippen LogP) is 5.40. The summed E-state index contributed by atoms with van der Waals surface area (Å²) in [6, 6.07) is 7.43. The fourth-order valence-corrected chi connectivity index (χ4v) is 6.11. The van der Waals surface area contributed by atoms with Gasteiger partial charge in [-0.25, -0.2) is 9.97 Å². The minimum absolute atomic E-state index is 0.0358. The molecule has 0 amide bonds. The quantitative estimate of drug-likeness (QED) is 0.400. The van der Waals surface area contributed by atoms with Crippen molar-refractivity contribution in [1.82, 2.24) is 25.1 Å². The lowest BCUT2D eigenvalue weighted by atomic mass is 9.89. The number of hydrogen-bond donors (Lipinski definition) is 2. The normalized spacial score (nSPS) is 17.2. The smallest absolute Gasteiger partial charge is 0.259 e. The van der Waals surface area contributed by atoms with Gasteiger partial charge < -0.3 is 4.98 Å². The molecule has 4 aromatic rings. The Hall–Kier alpha value is -2.16. The van der Waals surface area contributed by atoms with Gasteiger partial charge in [0.1, 0.15) is 10.7 Å². The summed E-state index contributed by atoms with van der Waals surface area (Å²) < 4.78 is 0. The number of aromatic amines is 2. The molecule has 9 heteroatoms. The molecule has 0 bridgehead atoms. The second-order valence-corrected chi connectivity index (χ2v) is 10.5. The van der Waals surface area contributed by atoms with Gasteiger partial charge in [-0.15, -0.1) is 16.4 Å². The zero-order chi connectivity index (χ0) is 20.8. The first-order valence-corrected chi connectivity index (χ1v) is 11.9. The lowest BCUT2D eigenvalue weighted by Crippen LogP contribution is -2.15. The van der Waals surface area contributed by atoms with E-state index in [1.807, 2.05) is 31.2 Å². The van der Waals surface area contributed by atoms with Gasteiger partial charge in [0.2, 0.25) is 5.16 Å². The number of hydrogen-bond acceptors (Lipinski definition) is 6. The highest BCUT2D eigenvalue weighted by Gasteiger charge is 2.24. The summed E-state index contributed by atoms with van der Waals surface area (Å²) in [5.41, 5.74) is 2.08. The molecule has 2 atom stereocenters. The molecule has 3 heterocycles. The van der Waals surface area contributed by atoms with E-state index < -0.39 is 0 Å². The van der Waals surface area contributed by atoms with Crippen LogP contribution in [0, 0.1) is 5.92 Å². The van der Waals surface area contributed by atoms with Crippen molar-refractivity contribution >= 4 is 44.9 Å². The van der Waals surface area contributed by atoms with Crippen molar-refractivity contribution < 1.29 is 0 Å². The van der Waals surface area contributed by atoms with E-state index in [-0.39, 0.29) is 10.8 Å². The summed E-state index contributed by atoms with van der Waals surface area (Å²) in [5, 5.41) is 9.24. The number of thiophene rings is 1. The van der Waals surface area contributed by atoms with Gasteiger partial charge in [0, 0.05) is 15.5 Å². The number of fused-ring (bicyclic) bond motifs is 3. The third-order valence-corrected chi connectivity index (χ3v) is 7.80. The fourth-order valence-electron chi connectivity index (χ4n) is 3.81. The van der Waals surface area contributed by atoms with Crippen LogP contribution in [0.2, 0.25) is 5.02 Å². The van der Waals surface area contributed by atoms with Crippen LogP contribution in [0.25, 0.3) is 21.6 Å². The van der Waals surface area contributed by atoms with Crippen LogP contribution in [0.4, 0.5) is 0 Å². The van der Waals surface area contributed by atoms with Crippen molar-refractivity contribution in [2.45, 2.75) is 43.5 Å². The molecule has 0 aliphatic heterocycles. The van der Waals surface area contributed by atoms with Crippen molar-refractivity contribution in [3.8, 4) is 11.4 Å². The maximum absolute atomic E-state index is 12.8. The number of nitrogens with zero attached hydrogens (tertiary/aromatic N) is 3. The number of halogens is 1. The number of H-pyrrole nitrogens is 2. The van der Waals surface area contributed by atoms with Crippen molar-refractivity contribution in [1.29, 1.82) is 0 Å². The van der Waals surface area contributed by atoms with Crippen molar-refractivity contribution in [2.24, 2.45) is 5.92 Å². The summed E-state index contributed by atoms with van der Waals surface area (Å²) in [4.78, 5) is 27.4. The number of benzene rings is 1. The fraction of sp³-hybridized carbons (Fsp3) is 0.333. The molecule has 6 nitrogen and oxygen atoms in total. The van der Waals surface area contributed by atoms with Crippen LogP contribution in [0.5, 0.6) is 0 Å². The van der Waals surface area contributed by atoms with E-state index in [9.17, 15) is 4.79 Å². The number of nitrogens with one attached hydrogen (secondary N) is 2. The third kappa shape index (κ3) is 3.68. The number of rotatable bonds is 4. The van der Waals surface area contributed by atoms with E-state index in [0.29, 0.717) is 27.7 Å². The topological polar surface area (TPSA) is 87.3 Å². The van der Waals surface area contributed by atoms with Crippen molar-refractivity contribution in [3.05, 3.63) is 55.9 Å². The Labute approximate surface area is 186 Å². The summed E-state index contributed by atoms with van der Waals surface area (Å²) in [6.07, 6.45) is 3.14. The molecule has 3 aromatic heterocycles. The summed E-state index contributed by atoms with van der Waals surface area (Å²) in [6.45, 7) is 4.27. The number of aromatic nitrogens is 5. The Balaban J connectivity index is 1.41. The first-order valence-electron chi connectivity index (χ1n) is 9.87. The minimum Gasteiger partial charge on any atom is -0.309 e. The average molecular weight is 458 g/mol. The SMILES string of the molecule is CC1CCc2c(sc3nc(C(C)Sc4n[nH]c(-c5ccc(Cl)cc5)n4)[nH]c(=O)c23)C1. The molecule has 30 heavy (non-hydrogen) atoms. The summed E-state index contributed by atoms with van der Waals surface area (Å²) in [7, 11) is 0. The van der Waals surface area contributed by atoms with Gasteiger partial charge in [0.05, 0.1) is 10.6 Å².